The van der Waals surface area contributed by atoms with Gasteiger partial charge in [-0.05, 0) is 41.5 Å². The van der Waals surface area contributed by atoms with Crippen molar-refractivity contribution in [1.82, 2.24) is 4.98 Å². The lowest BCUT2D eigenvalue weighted by molar-refractivity contribution is 1.33. The van der Waals surface area contributed by atoms with E-state index in [1.807, 2.05) is 30.3 Å². The zero-order chi connectivity index (χ0) is 9.97. The normalized spacial score (nSPS) is 10.1. The first kappa shape index (κ1) is 9.69. The fourth-order valence-electron chi connectivity index (χ4n) is 1.25. The molecule has 0 radical (unpaired) electrons. The zero-order valence-electron chi connectivity index (χ0n) is 7.24. The molecule has 1 heterocycles. The van der Waals surface area contributed by atoms with Crippen molar-refractivity contribution < 1.29 is 0 Å². The van der Waals surface area contributed by atoms with Crippen LogP contribution in [0.4, 0.5) is 0 Å². The molecule has 70 valence electrons. The van der Waals surface area contributed by atoms with Crippen molar-refractivity contribution in [2.24, 2.45) is 0 Å². The SMILES string of the molecule is Clc1ccc(Br)c(-c2ccncc2)c1. The molecule has 1 nitrogen and oxygen atoms in total. The molecule has 0 saturated carbocycles. The zero-order valence-corrected chi connectivity index (χ0v) is 9.59. The molecule has 0 aliphatic heterocycles. The Hall–Kier alpha value is -0.860. The van der Waals surface area contributed by atoms with Crippen molar-refractivity contribution >= 4 is 27.5 Å². The summed E-state index contributed by atoms with van der Waals surface area (Å²) in [5, 5.41) is 0.736. The predicted molar refractivity (Wildman–Crippen MR) is 62.4 cm³/mol. The molecule has 2 aromatic rings. The molecule has 0 aliphatic carbocycles. The minimum Gasteiger partial charge on any atom is -0.265 e. The van der Waals surface area contributed by atoms with Crippen molar-refractivity contribution in [3.05, 3.63) is 52.2 Å². The summed E-state index contributed by atoms with van der Waals surface area (Å²) >= 11 is 9.42. The minimum absolute atomic E-state index is 0.736. The van der Waals surface area contributed by atoms with Crippen molar-refractivity contribution in [3.63, 3.8) is 0 Å². The van der Waals surface area contributed by atoms with Gasteiger partial charge in [-0.25, -0.2) is 0 Å². The van der Waals surface area contributed by atoms with E-state index < -0.39 is 0 Å². The van der Waals surface area contributed by atoms with Crippen LogP contribution in [-0.4, -0.2) is 4.98 Å². The second-order valence-corrected chi connectivity index (χ2v) is 4.15. The number of nitrogens with zero attached hydrogens (tertiary/aromatic N) is 1. The van der Waals surface area contributed by atoms with Crippen LogP contribution in [0.25, 0.3) is 11.1 Å². The maximum absolute atomic E-state index is 5.93. The van der Waals surface area contributed by atoms with E-state index in [0.717, 1.165) is 20.6 Å². The average molecular weight is 269 g/mol. The molecular formula is C11H7BrClN. The van der Waals surface area contributed by atoms with E-state index in [9.17, 15) is 0 Å². The molecule has 0 N–H and O–H groups in total. The van der Waals surface area contributed by atoms with Gasteiger partial charge in [-0.3, -0.25) is 4.98 Å². The highest BCUT2D eigenvalue weighted by Gasteiger charge is 2.02. The predicted octanol–water partition coefficient (Wildman–Crippen LogP) is 4.16. The van der Waals surface area contributed by atoms with Crippen LogP contribution in [0.1, 0.15) is 0 Å². The lowest BCUT2D eigenvalue weighted by Crippen LogP contribution is -1.80. The van der Waals surface area contributed by atoms with Gasteiger partial charge >= 0.3 is 0 Å². The summed E-state index contributed by atoms with van der Waals surface area (Å²) in [5.41, 5.74) is 2.19. The van der Waals surface area contributed by atoms with Crippen LogP contribution in [0.2, 0.25) is 5.02 Å². The fourth-order valence-corrected chi connectivity index (χ4v) is 1.90. The molecular weight excluding hydrogens is 261 g/mol. The summed E-state index contributed by atoms with van der Waals surface area (Å²) in [6, 6.07) is 9.64. The second kappa shape index (κ2) is 4.11. The van der Waals surface area contributed by atoms with E-state index in [1.54, 1.807) is 12.4 Å². The quantitative estimate of drug-likeness (QED) is 0.756. The molecule has 0 fully saturated rings. The molecule has 0 amide bonds. The summed E-state index contributed by atoms with van der Waals surface area (Å²) in [5.74, 6) is 0. The Bertz CT molecular complexity index is 442. The maximum atomic E-state index is 5.93. The molecule has 0 atom stereocenters. The number of pyridine rings is 1. The van der Waals surface area contributed by atoms with E-state index in [0.29, 0.717) is 0 Å². The van der Waals surface area contributed by atoms with Gasteiger partial charge in [0.2, 0.25) is 0 Å². The Labute approximate surface area is 95.9 Å². The largest absolute Gasteiger partial charge is 0.265 e. The van der Waals surface area contributed by atoms with Gasteiger partial charge in [0.05, 0.1) is 0 Å². The van der Waals surface area contributed by atoms with Gasteiger partial charge in [0.25, 0.3) is 0 Å². The third-order valence-corrected chi connectivity index (χ3v) is 2.85. The van der Waals surface area contributed by atoms with Crippen molar-refractivity contribution in [1.29, 1.82) is 0 Å². The van der Waals surface area contributed by atoms with Crippen LogP contribution in [0.3, 0.4) is 0 Å². The molecule has 1 aromatic heterocycles. The second-order valence-electron chi connectivity index (χ2n) is 2.86. The first-order valence-electron chi connectivity index (χ1n) is 4.13. The Morgan fingerprint density at radius 3 is 2.50 bits per heavy atom. The van der Waals surface area contributed by atoms with E-state index in [4.69, 9.17) is 11.6 Å². The monoisotopic (exact) mass is 267 g/mol. The van der Waals surface area contributed by atoms with Crippen LogP contribution < -0.4 is 0 Å². The van der Waals surface area contributed by atoms with Crippen LogP contribution in [0.5, 0.6) is 0 Å². The number of hydrogen-bond donors (Lipinski definition) is 0. The average Bonchev–Trinajstić information content (AvgIpc) is 2.23. The van der Waals surface area contributed by atoms with Crippen LogP contribution >= 0.6 is 27.5 Å². The molecule has 14 heavy (non-hydrogen) atoms. The van der Waals surface area contributed by atoms with Crippen molar-refractivity contribution in [2.45, 2.75) is 0 Å². The van der Waals surface area contributed by atoms with E-state index in [-0.39, 0.29) is 0 Å². The summed E-state index contributed by atoms with van der Waals surface area (Å²) < 4.78 is 1.04. The summed E-state index contributed by atoms with van der Waals surface area (Å²) in [6.45, 7) is 0. The lowest BCUT2D eigenvalue weighted by atomic mass is 10.1. The summed E-state index contributed by atoms with van der Waals surface area (Å²) in [4.78, 5) is 3.97. The maximum Gasteiger partial charge on any atom is 0.0412 e. The molecule has 0 aliphatic rings. The summed E-state index contributed by atoms with van der Waals surface area (Å²) in [6.07, 6.45) is 3.53. The van der Waals surface area contributed by atoms with Crippen molar-refractivity contribution in [2.75, 3.05) is 0 Å². The minimum atomic E-state index is 0.736. The highest BCUT2D eigenvalue weighted by molar-refractivity contribution is 9.10. The molecule has 2 rings (SSSR count). The summed E-state index contributed by atoms with van der Waals surface area (Å²) in [7, 11) is 0. The molecule has 0 saturated heterocycles. The smallest absolute Gasteiger partial charge is 0.0412 e. The van der Waals surface area contributed by atoms with Gasteiger partial charge < -0.3 is 0 Å². The third kappa shape index (κ3) is 1.97. The van der Waals surface area contributed by atoms with E-state index in [1.165, 1.54) is 0 Å². The number of benzene rings is 1. The van der Waals surface area contributed by atoms with Crippen LogP contribution in [0, 0.1) is 0 Å². The highest BCUT2D eigenvalue weighted by Crippen LogP contribution is 2.30. The van der Waals surface area contributed by atoms with Gasteiger partial charge in [0.1, 0.15) is 0 Å². The van der Waals surface area contributed by atoms with Crippen LogP contribution in [-0.2, 0) is 0 Å². The first-order valence-corrected chi connectivity index (χ1v) is 5.30. The van der Waals surface area contributed by atoms with Crippen LogP contribution in [0.15, 0.2) is 47.2 Å². The molecule has 3 heteroatoms. The Balaban J connectivity index is 2.57. The van der Waals surface area contributed by atoms with Gasteiger partial charge in [-0.1, -0.05) is 27.5 Å². The fraction of sp³-hybridized carbons (Fsp3) is 0. The molecule has 1 aromatic carbocycles. The van der Waals surface area contributed by atoms with E-state index >= 15 is 0 Å². The Morgan fingerprint density at radius 2 is 1.79 bits per heavy atom. The molecule has 0 bridgehead atoms. The number of aromatic nitrogens is 1. The van der Waals surface area contributed by atoms with Gasteiger partial charge in [0.15, 0.2) is 0 Å². The topological polar surface area (TPSA) is 12.9 Å². The standard InChI is InChI=1S/C11H7BrClN/c12-11-2-1-9(13)7-10(11)8-3-5-14-6-4-8/h1-7H. The highest BCUT2D eigenvalue weighted by atomic mass is 79.9. The Kier molecular flexibility index (Phi) is 2.85. The number of rotatable bonds is 1. The van der Waals surface area contributed by atoms with Gasteiger partial charge in [-0.15, -0.1) is 0 Å². The molecule has 0 spiro atoms. The van der Waals surface area contributed by atoms with Gasteiger partial charge in [0, 0.05) is 21.9 Å². The van der Waals surface area contributed by atoms with E-state index in [2.05, 4.69) is 20.9 Å². The number of halogens is 2. The lowest BCUT2D eigenvalue weighted by Gasteiger charge is -2.04. The van der Waals surface area contributed by atoms with Crippen molar-refractivity contribution in [3.8, 4) is 11.1 Å². The Morgan fingerprint density at radius 1 is 1.07 bits per heavy atom. The third-order valence-electron chi connectivity index (χ3n) is 1.92. The van der Waals surface area contributed by atoms with Gasteiger partial charge in [-0.2, -0.15) is 0 Å². The molecule has 0 unspecified atom stereocenters. The first-order chi connectivity index (χ1) is 6.77. The number of hydrogen-bond acceptors (Lipinski definition) is 1.